The summed E-state index contributed by atoms with van der Waals surface area (Å²) in [5.41, 5.74) is 0. The van der Waals surface area contributed by atoms with Crippen molar-refractivity contribution in [3.8, 4) is 0 Å². The highest BCUT2D eigenvalue weighted by atomic mass is 16.5. The fourth-order valence-electron chi connectivity index (χ4n) is 0.698. The summed E-state index contributed by atoms with van der Waals surface area (Å²) in [6.07, 6.45) is 2.31. The van der Waals surface area contributed by atoms with Crippen LogP contribution in [0.25, 0.3) is 0 Å². The van der Waals surface area contributed by atoms with Gasteiger partial charge in [0, 0.05) is 18.7 Å². The number of amides is 1. The van der Waals surface area contributed by atoms with E-state index < -0.39 is 5.97 Å². The zero-order chi connectivity index (χ0) is 11.0. The number of carbonyl (C=O) groups excluding carboxylic acids is 2. The van der Waals surface area contributed by atoms with Crippen LogP contribution in [0.2, 0.25) is 0 Å². The second-order valence-electron chi connectivity index (χ2n) is 3.22. The Morgan fingerprint density at radius 1 is 1.36 bits per heavy atom. The zero-order valence-corrected chi connectivity index (χ0v) is 8.87. The highest BCUT2D eigenvalue weighted by molar-refractivity contribution is 5.94. The van der Waals surface area contributed by atoms with E-state index in [9.17, 15) is 9.59 Å². The summed E-state index contributed by atoms with van der Waals surface area (Å²) in [4.78, 5) is 21.8. The second kappa shape index (κ2) is 7.12. The van der Waals surface area contributed by atoms with Crippen molar-refractivity contribution in [1.29, 1.82) is 0 Å². The molecule has 80 valence electrons. The minimum absolute atomic E-state index is 0.272. The molecule has 0 bridgehead atoms. The summed E-state index contributed by atoms with van der Waals surface area (Å²) in [6, 6.07) is 0. The predicted molar refractivity (Wildman–Crippen MR) is 53.6 cm³/mol. The fourth-order valence-corrected chi connectivity index (χ4v) is 0.698. The molecule has 0 saturated heterocycles. The lowest BCUT2D eigenvalue weighted by atomic mass is 10.2. The molecule has 0 fully saturated rings. The third-order valence-electron chi connectivity index (χ3n) is 1.34. The molecular weight excluding hydrogens is 182 g/mol. The van der Waals surface area contributed by atoms with Gasteiger partial charge in [-0.1, -0.05) is 13.8 Å². The van der Waals surface area contributed by atoms with Crippen molar-refractivity contribution in [3.63, 3.8) is 0 Å². The van der Waals surface area contributed by atoms with Gasteiger partial charge in [0.05, 0.1) is 6.61 Å². The smallest absolute Gasteiger partial charge is 0.330 e. The molecule has 0 aromatic rings. The summed E-state index contributed by atoms with van der Waals surface area (Å²) in [6.45, 7) is 6.62. The van der Waals surface area contributed by atoms with Crippen LogP contribution in [0.15, 0.2) is 12.2 Å². The molecule has 0 aliphatic rings. The first-order valence-corrected chi connectivity index (χ1v) is 4.69. The quantitative estimate of drug-likeness (QED) is 0.528. The van der Waals surface area contributed by atoms with Gasteiger partial charge in [0.15, 0.2) is 0 Å². The highest BCUT2D eigenvalue weighted by Crippen LogP contribution is 1.87. The van der Waals surface area contributed by atoms with Crippen molar-refractivity contribution in [3.05, 3.63) is 12.2 Å². The second-order valence-corrected chi connectivity index (χ2v) is 3.22. The summed E-state index contributed by atoms with van der Waals surface area (Å²) in [5.74, 6) is -0.367. The van der Waals surface area contributed by atoms with E-state index in [0.29, 0.717) is 19.1 Å². The van der Waals surface area contributed by atoms with Crippen molar-refractivity contribution in [2.75, 3.05) is 13.2 Å². The van der Waals surface area contributed by atoms with Crippen LogP contribution >= 0.6 is 0 Å². The minimum atomic E-state index is -0.493. The van der Waals surface area contributed by atoms with Crippen LogP contribution < -0.4 is 5.32 Å². The first-order valence-electron chi connectivity index (χ1n) is 4.69. The van der Waals surface area contributed by atoms with E-state index in [2.05, 4.69) is 10.1 Å². The van der Waals surface area contributed by atoms with Crippen LogP contribution in [0.1, 0.15) is 20.8 Å². The van der Waals surface area contributed by atoms with E-state index in [1.54, 1.807) is 6.92 Å². The molecule has 0 unspecified atom stereocenters. The fraction of sp³-hybridized carbons (Fsp3) is 0.600. The Morgan fingerprint density at radius 3 is 2.50 bits per heavy atom. The number of hydrogen-bond donors (Lipinski definition) is 1. The Hall–Kier alpha value is -1.32. The van der Waals surface area contributed by atoms with Gasteiger partial charge in [-0.05, 0) is 12.8 Å². The van der Waals surface area contributed by atoms with Gasteiger partial charge < -0.3 is 10.1 Å². The monoisotopic (exact) mass is 199 g/mol. The lowest BCUT2D eigenvalue weighted by Crippen LogP contribution is -2.25. The summed E-state index contributed by atoms with van der Waals surface area (Å²) in [7, 11) is 0. The van der Waals surface area contributed by atoms with Crippen LogP contribution in [-0.4, -0.2) is 25.0 Å². The number of nitrogens with one attached hydrogen (secondary N) is 1. The number of hydrogen-bond acceptors (Lipinski definition) is 3. The molecular formula is C10H17NO3. The molecule has 0 aromatic carbocycles. The van der Waals surface area contributed by atoms with E-state index in [0.717, 1.165) is 6.08 Å². The van der Waals surface area contributed by atoms with Gasteiger partial charge in [-0.25, -0.2) is 4.79 Å². The van der Waals surface area contributed by atoms with Crippen molar-refractivity contribution in [2.45, 2.75) is 20.8 Å². The lowest BCUT2D eigenvalue weighted by molar-refractivity contribution is -0.137. The molecule has 0 heterocycles. The average molecular weight is 199 g/mol. The largest absolute Gasteiger partial charge is 0.463 e. The number of esters is 1. The molecule has 4 heteroatoms. The summed E-state index contributed by atoms with van der Waals surface area (Å²) >= 11 is 0. The van der Waals surface area contributed by atoms with Gasteiger partial charge in [0.25, 0.3) is 0 Å². The Kier molecular flexibility index (Phi) is 6.45. The molecule has 14 heavy (non-hydrogen) atoms. The van der Waals surface area contributed by atoms with E-state index in [4.69, 9.17) is 0 Å². The Morgan fingerprint density at radius 2 is 2.00 bits per heavy atom. The van der Waals surface area contributed by atoms with Gasteiger partial charge in [-0.3, -0.25) is 4.79 Å². The molecule has 0 rings (SSSR count). The molecule has 0 aromatic heterocycles. The Bertz CT molecular complexity index is 221. The topological polar surface area (TPSA) is 55.4 Å². The maximum atomic E-state index is 11.1. The van der Waals surface area contributed by atoms with E-state index in [-0.39, 0.29) is 5.91 Å². The molecule has 0 atom stereocenters. The Balaban J connectivity index is 3.76. The first kappa shape index (κ1) is 12.7. The van der Waals surface area contributed by atoms with Crippen molar-refractivity contribution >= 4 is 11.9 Å². The highest BCUT2D eigenvalue weighted by Gasteiger charge is 1.99. The van der Waals surface area contributed by atoms with Gasteiger partial charge in [0.1, 0.15) is 0 Å². The predicted octanol–water partition coefficient (Wildman–Crippen LogP) is 0.878. The molecule has 0 aliphatic heterocycles. The van der Waals surface area contributed by atoms with Crippen molar-refractivity contribution in [1.82, 2.24) is 5.32 Å². The molecule has 0 radical (unpaired) electrons. The maximum absolute atomic E-state index is 11.1. The number of rotatable bonds is 5. The first-order chi connectivity index (χ1) is 6.56. The number of ether oxygens (including phenoxy) is 1. The SMILES string of the molecule is CCOC(=O)/C=C\C(=O)NCC(C)C. The normalized spacial score (nSPS) is 10.6. The minimum Gasteiger partial charge on any atom is -0.463 e. The van der Waals surface area contributed by atoms with Crippen LogP contribution in [0.3, 0.4) is 0 Å². The third kappa shape index (κ3) is 7.34. The standard InChI is InChI=1S/C10H17NO3/c1-4-14-10(13)6-5-9(12)11-7-8(2)3/h5-6,8H,4,7H2,1-3H3,(H,11,12)/b6-5-. The van der Waals surface area contributed by atoms with E-state index in [1.165, 1.54) is 6.08 Å². The molecule has 1 N–H and O–H groups in total. The summed E-state index contributed by atoms with van der Waals surface area (Å²) in [5, 5.41) is 2.65. The molecule has 0 aliphatic carbocycles. The maximum Gasteiger partial charge on any atom is 0.330 e. The van der Waals surface area contributed by atoms with E-state index in [1.807, 2.05) is 13.8 Å². The van der Waals surface area contributed by atoms with E-state index >= 15 is 0 Å². The van der Waals surface area contributed by atoms with Crippen molar-refractivity contribution in [2.24, 2.45) is 5.92 Å². The van der Waals surface area contributed by atoms with Gasteiger partial charge in [-0.2, -0.15) is 0 Å². The van der Waals surface area contributed by atoms with Crippen molar-refractivity contribution < 1.29 is 14.3 Å². The van der Waals surface area contributed by atoms with Crippen LogP contribution in [-0.2, 0) is 14.3 Å². The Labute approximate surface area is 84.3 Å². The number of carbonyl (C=O) groups is 2. The molecule has 0 spiro atoms. The van der Waals surface area contributed by atoms with Gasteiger partial charge >= 0.3 is 5.97 Å². The van der Waals surface area contributed by atoms with Gasteiger partial charge in [0.2, 0.25) is 5.91 Å². The molecule has 0 saturated carbocycles. The zero-order valence-electron chi connectivity index (χ0n) is 8.87. The van der Waals surface area contributed by atoms with Crippen LogP contribution in [0.4, 0.5) is 0 Å². The summed E-state index contributed by atoms with van der Waals surface area (Å²) < 4.78 is 4.61. The van der Waals surface area contributed by atoms with Crippen LogP contribution in [0, 0.1) is 5.92 Å². The molecule has 4 nitrogen and oxygen atoms in total. The van der Waals surface area contributed by atoms with Gasteiger partial charge in [-0.15, -0.1) is 0 Å². The third-order valence-corrected chi connectivity index (χ3v) is 1.34. The van der Waals surface area contributed by atoms with Crippen LogP contribution in [0.5, 0.6) is 0 Å². The lowest BCUT2D eigenvalue weighted by Gasteiger charge is -2.03. The average Bonchev–Trinajstić information content (AvgIpc) is 2.12. The molecule has 1 amide bonds.